The molecule has 158 valence electrons. The molecular formula is C25H23BrN2O2S. The van der Waals surface area contributed by atoms with E-state index in [1.807, 2.05) is 37.3 Å². The number of amides is 2. The summed E-state index contributed by atoms with van der Waals surface area (Å²) in [5, 5.41) is -0.234. The van der Waals surface area contributed by atoms with Gasteiger partial charge in [0, 0.05) is 21.5 Å². The van der Waals surface area contributed by atoms with E-state index in [2.05, 4.69) is 65.5 Å². The van der Waals surface area contributed by atoms with Gasteiger partial charge in [0.2, 0.25) is 0 Å². The van der Waals surface area contributed by atoms with Crippen LogP contribution in [0.15, 0.2) is 57.9 Å². The number of nitrogens with zero attached hydrogens (tertiary/aromatic N) is 2. The highest BCUT2D eigenvalue weighted by atomic mass is 79.9. The lowest BCUT2D eigenvalue weighted by atomic mass is 10.1. The molecule has 0 saturated carbocycles. The Kier molecular flexibility index (Phi) is 5.95. The zero-order chi connectivity index (χ0) is 22.3. The molecule has 0 aliphatic carbocycles. The highest BCUT2D eigenvalue weighted by Gasteiger charge is 2.35. The predicted molar refractivity (Wildman–Crippen MR) is 130 cm³/mol. The van der Waals surface area contributed by atoms with Crippen LogP contribution in [0.2, 0.25) is 0 Å². The molecule has 1 aromatic heterocycles. The van der Waals surface area contributed by atoms with E-state index in [4.69, 9.17) is 0 Å². The third-order valence-corrected chi connectivity index (χ3v) is 6.79. The van der Waals surface area contributed by atoms with Crippen molar-refractivity contribution in [3.63, 3.8) is 0 Å². The summed E-state index contributed by atoms with van der Waals surface area (Å²) in [5.41, 5.74) is 7.52. The molecular weight excluding hydrogens is 472 g/mol. The van der Waals surface area contributed by atoms with Crippen molar-refractivity contribution < 1.29 is 9.59 Å². The molecule has 1 fully saturated rings. The molecule has 0 unspecified atom stereocenters. The molecule has 0 N–H and O–H groups in total. The number of aromatic nitrogens is 1. The number of hydrogen-bond acceptors (Lipinski definition) is 3. The highest BCUT2D eigenvalue weighted by molar-refractivity contribution is 9.10. The van der Waals surface area contributed by atoms with Gasteiger partial charge in [-0.2, -0.15) is 0 Å². The van der Waals surface area contributed by atoms with E-state index >= 15 is 0 Å². The Morgan fingerprint density at radius 1 is 0.935 bits per heavy atom. The zero-order valence-electron chi connectivity index (χ0n) is 17.9. The number of rotatable bonds is 4. The molecule has 6 heteroatoms. The summed E-state index contributed by atoms with van der Waals surface area (Å²) in [6, 6.07) is 16.2. The van der Waals surface area contributed by atoms with E-state index in [1.165, 1.54) is 16.0 Å². The van der Waals surface area contributed by atoms with Gasteiger partial charge in [-0.1, -0.05) is 34.1 Å². The fourth-order valence-electron chi connectivity index (χ4n) is 3.96. The second-order valence-corrected chi connectivity index (χ2v) is 9.81. The van der Waals surface area contributed by atoms with Crippen molar-refractivity contribution in [1.29, 1.82) is 0 Å². The second-order valence-electron chi connectivity index (χ2n) is 7.90. The largest absolute Gasteiger partial charge is 0.318 e. The Morgan fingerprint density at radius 2 is 1.58 bits per heavy atom. The summed E-state index contributed by atoms with van der Waals surface area (Å²) in [6.45, 7) is 8.56. The molecule has 1 aliphatic rings. The van der Waals surface area contributed by atoms with Crippen LogP contribution in [0, 0.1) is 27.7 Å². The van der Waals surface area contributed by atoms with Crippen molar-refractivity contribution in [1.82, 2.24) is 9.47 Å². The maximum Gasteiger partial charge on any atom is 0.293 e. The quantitative estimate of drug-likeness (QED) is 0.378. The highest BCUT2D eigenvalue weighted by Crippen LogP contribution is 2.35. The van der Waals surface area contributed by atoms with Crippen molar-refractivity contribution in [2.24, 2.45) is 0 Å². The Bertz CT molecular complexity index is 1200. The Hall–Kier alpha value is -2.57. The van der Waals surface area contributed by atoms with Crippen molar-refractivity contribution in [3.8, 4) is 5.69 Å². The standard InChI is InChI=1S/C25H23BrN2O2S/c1-15-9-16(2)11-22(10-15)28-17(3)12-20(18(28)4)13-23-24(29)27(25(30)31-23)14-19-5-7-21(26)8-6-19/h5-13H,14H2,1-4H3/b23-13-. The molecule has 1 aliphatic heterocycles. The minimum atomic E-state index is -0.242. The first kappa shape index (κ1) is 21.7. The lowest BCUT2D eigenvalue weighted by Gasteiger charge is -2.12. The van der Waals surface area contributed by atoms with E-state index in [0.29, 0.717) is 4.91 Å². The van der Waals surface area contributed by atoms with E-state index in [-0.39, 0.29) is 17.7 Å². The van der Waals surface area contributed by atoms with Gasteiger partial charge in [0.15, 0.2) is 0 Å². The van der Waals surface area contributed by atoms with Gasteiger partial charge in [-0.05, 0) is 98.1 Å². The maximum atomic E-state index is 13.0. The number of carbonyl (C=O) groups is 2. The van der Waals surface area contributed by atoms with E-state index < -0.39 is 0 Å². The molecule has 2 amide bonds. The minimum absolute atomic E-state index is 0.234. The van der Waals surface area contributed by atoms with Crippen LogP contribution in [0.3, 0.4) is 0 Å². The van der Waals surface area contributed by atoms with Crippen molar-refractivity contribution in [3.05, 3.63) is 91.6 Å². The maximum absolute atomic E-state index is 13.0. The summed E-state index contributed by atoms with van der Waals surface area (Å²) in [7, 11) is 0. The zero-order valence-corrected chi connectivity index (χ0v) is 20.3. The van der Waals surface area contributed by atoms with E-state index in [9.17, 15) is 9.59 Å². The molecule has 4 rings (SSSR count). The van der Waals surface area contributed by atoms with Gasteiger partial charge in [0.25, 0.3) is 11.1 Å². The van der Waals surface area contributed by atoms with Crippen LogP contribution in [-0.4, -0.2) is 20.6 Å². The monoisotopic (exact) mass is 494 g/mol. The third kappa shape index (κ3) is 4.41. The predicted octanol–water partition coefficient (Wildman–Crippen LogP) is 6.71. The lowest BCUT2D eigenvalue weighted by Crippen LogP contribution is -2.27. The van der Waals surface area contributed by atoms with Gasteiger partial charge < -0.3 is 4.57 Å². The van der Waals surface area contributed by atoms with Gasteiger partial charge >= 0.3 is 0 Å². The number of benzene rings is 2. The number of hydrogen-bond donors (Lipinski definition) is 0. The first-order valence-corrected chi connectivity index (χ1v) is 11.6. The van der Waals surface area contributed by atoms with Gasteiger partial charge in [0.1, 0.15) is 0 Å². The Morgan fingerprint density at radius 3 is 2.23 bits per heavy atom. The summed E-state index contributed by atoms with van der Waals surface area (Å²) < 4.78 is 3.15. The van der Waals surface area contributed by atoms with Crippen LogP contribution in [0.25, 0.3) is 11.8 Å². The van der Waals surface area contributed by atoms with Gasteiger partial charge in [-0.25, -0.2) is 0 Å². The molecule has 31 heavy (non-hydrogen) atoms. The van der Waals surface area contributed by atoms with Gasteiger partial charge in [0.05, 0.1) is 11.4 Å². The van der Waals surface area contributed by atoms with Crippen LogP contribution in [0.1, 0.15) is 33.6 Å². The first-order chi connectivity index (χ1) is 14.7. The molecule has 3 aromatic rings. The molecule has 2 aromatic carbocycles. The summed E-state index contributed by atoms with van der Waals surface area (Å²) in [5.74, 6) is -0.242. The average Bonchev–Trinajstić information content (AvgIpc) is 3.12. The lowest BCUT2D eigenvalue weighted by molar-refractivity contribution is -0.123. The number of imide groups is 1. The normalized spacial score (nSPS) is 15.4. The van der Waals surface area contributed by atoms with E-state index in [1.54, 1.807) is 0 Å². The van der Waals surface area contributed by atoms with Crippen molar-refractivity contribution >= 4 is 44.9 Å². The number of thioether (sulfide) groups is 1. The molecule has 4 nitrogen and oxygen atoms in total. The van der Waals surface area contributed by atoms with Crippen LogP contribution < -0.4 is 0 Å². The molecule has 0 spiro atoms. The summed E-state index contributed by atoms with van der Waals surface area (Å²) in [6.07, 6.45) is 1.84. The number of carbonyl (C=O) groups excluding carboxylic acids is 2. The molecule has 0 atom stereocenters. The summed E-state index contributed by atoms with van der Waals surface area (Å²) in [4.78, 5) is 27.2. The third-order valence-electron chi connectivity index (χ3n) is 5.35. The van der Waals surface area contributed by atoms with Crippen molar-refractivity contribution in [2.45, 2.75) is 34.2 Å². The minimum Gasteiger partial charge on any atom is -0.318 e. The Balaban J connectivity index is 1.64. The van der Waals surface area contributed by atoms with Gasteiger partial charge in [-0.15, -0.1) is 0 Å². The van der Waals surface area contributed by atoms with E-state index in [0.717, 1.165) is 44.4 Å². The topological polar surface area (TPSA) is 42.3 Å². The second kappa shape index (κ2) is 8.52. The molecule has 1 saturated heterocycles. The smallest absolute Gasteiger partial charge is 0.293 e. The fourth-order valence-corrected chi connectivity index (χ4v) is 5.05. The molecule has 0 bridgehead atoms. The Labute approximate surface area is 195 Å². The van der Waals surface area contributed by atoms with Crippen molar-refractivity contribution in [2.75, 3.05) is 0 Å². The number of aryl methyl sites for hydroxylation is 3. The summed E-state index contributed by atoms with van der Waals surface area (Å²) >= 11 is 4.41. The van der Waals surface area contributed by atoms with Crippen LogP contribution in [0.5, 0.6) is 0 Å². The first-order valence-electron chi connectivity index (χ1n) is 10.0. The van der Waals surface area contributed by atoms with Crippen LogP contribution in [-0.2, 0) is 11.3 Å². The number of halogens is 1. The average molecular weight is 495 g/mol. The molecule has 0 radical (unpaired) electrons. The molecule has 2 heterocycles. The van der Waals surface area contributed by atoms with Crippen LogP contribution >= 0.6 is 27.7 Å². The SMILES string of the molecule is Cc1cc(C)cc(-n2c(C)cc(/C=C3\SC(=O)N(Cc4ccc(Br)cc4)C3=O)c2C)c1. The van der Waals surface area contributed by atoms with Gasteiger partial charge in [-0.3, -0.25) is 14.5 Å². The van der Waals surface area contributed by atoms with Crippen LogP contribution in [0.4, 0.5) is 4.79 Å². The fraction of sp³-hybridized carbons (Fsp3) is 0.200.